The second kappa shape index (κ2) is 10.4. The second-order valence-corrected chi connectivity index (χ2v) is 4.11. The number of hydrogen-bond acceptors (Lipinski definition) is 2. The number of alkyl halides is 1. The van der Waals surface area contributed by atoms with Crippen LogP contribution in [0, 0.1) is 0 Å². The minimum atomic E-state index is 0.248. The largest absolute Gasteiger partial charge is 0.380 e. The van der Waals surface area contributed by atoms with E-state index in [1.54, 1.807) is 0 Å². The third-order valence-corrected chi connectivity index (χ3v) is 2.78. The molecule has 3 nitrogen and oxygen atoms in total. The molecule has 0 atom stereocenters. The van der Waals surface area contributed by atoms with Crippen LogP contribution in [0.4, 0.5) is 0 Å². The first-order chi connectivity index (χ1) is 7.26. The van der Waals surface area contributed by atoms with E-state index < -0.39 is 0 Å². The van der Waals surface area contributed by atoms with Gasteiger partial charge < -0.3 is 9.64 Å². The van der Waals surface area contributed by atoms with Crippen molar-refractivity contribution < 1.29 is 9.53 Å². The van der Waals surface area contributed by atoms with Gasteiger partial charge in [0.25, 0.3) is 0 Å². The molecule has 1 amide bonds. The Kier molecular flexibility index (Phi) is 10.4. The maximum absolute atomic E-state index is 11.7. The maximum Gasteiger partial charge on any atom is 0.222 e. The van der Waals surface area contributed by atoms with Crippen molar-refractivity contribution in [2.75, 3.05) is 31.6 Å². The fourth-order valence-electron chi connectivity index (χ4n) is 1.31. The minimum absolute atomic E-state index is 0.248. The Morgan fingerprint density at radius 3 is 2.60 bits per heavy atom. The quantitative estimate of drug-likeness (QED) is 0.479. The summed E-state index contributed by atoms with van der Waals surface area (Å²) in [7, 11) is 0. The summed E-state index contributed by atoms with van der Waals surface area (Å²) in [6.45, 7) is 6.84. The van der Waals surface area contributed by atoms with E-state index in [0.29, 0.717) is 13.0 Å². The Hall–Kier alpha value is -0.0900. The molecule has 0 heterocycles. The van der Waals surface area contributed by atoms with Gasteiger partial charge in [0.05, 0.1) is 6.61 Å². The van der Waals surface area contributed by atoms with E-state index in [-0.39, 0.29) is 5.91 Å². The van der Waals surface area contributed by atoms with Gasteiger partial charge in [0.1, 0.15) is 0 Å². The van der Waals surface area contributed by atoms with Gasteiger partial charge in [-0.2, -0.15) is 0 Å². The first-order valence-corrected chi connectivity index (χ1v) is 6.79. The normalized spacial score (nSPS) is 10.3. The standard InChI is InChI=1S/C11H22BrNO2/c1-3-13(9-10-15-4-2)11(14)7-5-6-8-12/h3-10H2,1-2H3. The lowest BCUT2D eigenvalue weighted by molar-refractivity contribution is -0.131. The highest BCUT2D eigenvalue weighted by Gasteiger charge is 2.10. The Bertz CT molecular complexity index is 165. The molecule has 15 heavy (non-hydrogen) atoms. The summed E-state index contributed by atoms with van der Waals surface area (Å²) >= 11 is 3.36. The lowest BCUT2D eigenvalue weighted by Crippen LogP contribution is -2.33. The number of rotatable bonds is 9. The van der Waals surface area contributed by atoms with Crippen LogP contribution in [0.15, 0.2) is 0 Å². The summed E-state index contributed by atoms with van der Waals surface area (Å²) in [5.74, 6) is 0.248. The molecule has 0 aliphatic heterocycles. The van der Waals surface area contributed by atoms with Crippen LogP contribution in [0.3, 0.4) is 0 Å². The Labute approximate surface area is 101 Å². The highest BCUT2D eigenvalue weighted by atomic mass is 79.9. The van der Waals surface area contributed by atoms with Crippen molar-refractivity contribution in [2.45, 2.75) is 33.1 Å². The van der Waals surface area contributed by atoms with Crippen LogP contribution in [-0.4, -0.2) is 42.4 Å². The van der Waals surface area contributed by atoms with Crippen molar-refractivity contribution in [3.8, 4) is 0 Å². The summed E-state index contributed by atoms with van der Waals surface area (Å²) in [5, 5.41) is 0.978. The van der Waals surface area contributed by atoms with Crippen molar-refractivity contribution in [1.29, 1.82) is 0 Å². The summed E-state index contributed by atoms with van der Waals surface area (Å²) in [6.07, 6.45) is 2.69. The van der Waals surface area contributed by atoms with Crippen molar-refractivity contribution in [3.05, 3.63) is 0 Å². The Balaban J connectivity index is 3.67. The molecule has 0 saturated carbocycles. The topological polar surface area (TPSA) is 29.5 Å². The molecule has 0 saturated heterocycles. The SMILES string of the molecule is CCOCCN(CC)C(=O)CCCCBr. The molecule has 0 unspecified atom stereocenters. The van der Waals surface area contributed by atoms with Crippen LogP contribution < -0.4 is 0 Å². The van der Waals surface area contributed by atoms with Gasteiger partial charge in [0, 0.05) is 31.4 Å². The Morgan fingerprint density at radius 1 is 1.33 bits per heavy atom. The molecule has 0 aromatic rings. The van der Waals surface area contributed by atoms with Crippen molar-refractivity contribution in [2.24, 2.45) is 0 Å². The van der Waals surface area contributed by atoms with Crippen LogP contribution in [0.5, 0.6) is 0 Å². The van der Waals surface area contributed by atoms with Gasteiger partial charge in [0.2, 0.25) is 5.91 Å². The number of nitrogens with zero attached hydrogens (tertiary/aromatic N) is 1. The number of unbranched alkanes of at least 4 members (excludes halogenated alkanes) is 1. The predicted molar refractivity (Wildman–Crippen MR) is 66.4 cm³/mol. The van der Waals surface area contributed by atoms with Crippen molar-refractivity contribution >= 4 is 21.8 Å². The van der Waals surface area contributed by atoms with Gasteiger partial charge in [-0.05, 0) is 26.7 Å². The molecule has 0 bridgehead atoms. The highest BCUT2D eigenvalue weighted by molar-refractivity contribution is 9.09. The first-order valence-electron chi connectivity index (χ1n) is 5.67. The molecule has 0 aromatic carbocycles. The Morgan fingerprint density at radius 2 is 2.07 bits per heavy atom. The number of amides is 1. The number of ether oxygens (including phenoxy) is 1. The molecule has 0 fully saturated rings. The zero-order valence-electron chi connectivity index (χ0n) is 9.80. The summed E-state index contributed by atoms with van der Waals surface area (Å²) in [4.78, 5) is 13.6. The molecule has 90 valence electrons. The van der Waals surface area contributed by atoms with E-state index >= 15 is 0 Å². The zero-order chi connectivity index (χ0) is 11.5. The lowest BCUT2D eigenvalue weighted by Gasteiger charge is -2.20. The second-order valence-electron chi connectivity index (χ2n) is 3.32. The maximum atomic E-state index is 11.7. The van der Waals surface area contributed by atoms with Crippen LogP contribution in [0.2, 0.25) is 0 Å². The van der Waals surface area contributed by atoms with Gasteiger partial charge in [-0.15, -0.1) is 0 Å². The fraction of sp³-hybridized carbons (Fsp3) is 0.909. The van der Waals surface area contributed by atoms with Gasteiger partial charge in [-0.3, -0.25) is 4.79 Å². The summed E-state index contributed by atoms with van der Waals surface area (Å²) < 4.78 is 5.24. The van der Waals surface area contributed by atoms with Crippen LogP contribution in [0.25, 0.3) is 0 Å². The number of carbonyl (C=O) groups is 1. The molecule has 0 aliphatic carbocycles. The van der Waals surface area contributed by atoms with Crippen LogP contribution in [-0.2, 0) is 9.53 Å². The zero-order valence-corrected chi connectivity index (χ0v) is 11.4. The molecule has 0 aromatic heterocycles. The van der Waals surface area contributed by atoms with Crippen molar-refractivity contribution in [1.82, 2.24) is 4.90 Å². The van der Waals surface area contributed by atoms with Crippen LogP contribution in [0.1, 0.15) is 33.1 Å². The minimum Gasteiger partial charge on any atom is -0.380 e. The van der Waals surface area contributed by atoms with E-state index in [2.05, 4.69) is 15.9 Å². The van der Waals surface area contributed by atoms with E-state index in [1.807, 2.05) is 18.7 Å². The van der Waals surface area contributed by atoms with E-state index in [0.717, 1.165) is 37.9 Å². The van der Waals surface area contributed by atoms with E-state index in [4.69, 9.17) is 4.74 Å². The monoisotopic (exact) mass is 279 g/mol. The molecular formula is C11H22BrNO2. The van der Waals surface area contributed by atoms with Gasteiger partial charge >= 0.3 is 0 Å². The molecule has 0 N–H and O–H groups in total. The molecule has 0 rings (SSSR count). The van der Waals surface area contributed by atoms with E-state index in [1.165, 1.54) is 0 Å². The number of hydrogen-bond donors (Lipinski definition) is 0. The number of carbonyl (C=O) groups excluding carboxylic acids is 1. The first kappa shape index (κ1) is 14.9. The number of likely N-dealkylation sites (N-methyl/N-ethyl adjacent to an activating group) is 1. The molecular weight excluding hydrogens is 258 g/mol. The van der Waals surface area contributed by atoms with E-state index in [9.17, 15) is 4.79 Å². The molecule has 0 spiro atoms. The third kappa shape index (κ3) is 7.79. The molecule has 0 radical (unpaired) electrons. The molecule has 4 heteroatoms. The van der Waals surface area contributed by atoms with Gasteiger partial charge in [-0.1, -0.05) is 15.9 Å². The third-order valence-electron chi connectivity index (χ3n) is 2.22. The summed E-state index contributed by atoms with van der Waals surface area (Å²) in [6, 6.07) is 0. The predicted octanol–water partition coefficient (Wildman–Crippen LogP) is 2.44. The average Bonchev–Trinajstić information content (AvgIpc) is 2.24. The van der Waals surface area contributed by atoms with Crippen LogP contribution >= 0.6 is 15.9 Å². The fourth-order valence-corrected chi connectivity index (χ4v) is 1.70. The molecule has 0 aliphatic rings. The lowest BCUT2D eigenvalue weighted by atomic mass is 10.2. The highest BCUT2D eigenvalue weighted by Crippen LogP contribution is 2.02. The average molecular weight is 280 g/mol. The number of halogens is 1. The van der Waals surface area contributed by atoms with Gasteiger partial charge in [-0.25, -0.2) is 0 Å². The smallest absolute Gasteiger partial charge is 0.222 e. The summed E-state index contributed by atoms with van der Waals surface area (Å²) in [5.41, 5.74) is 0. The van der Waals surface area contributed by atoms with Crippen molar-refractivity contribution in [3.63, 3.8) is 0 Å². The van der Waals surface area contributed by atoms with Gasteiger partial charge in [0.15, 0.2) is 0 Å².